The highest BCUT2D eigenvalue weighted by Gasteiger charge is 2.20. The van der Waals surface area contributed by atoms with Crippen LogP contribution >= 0.6 is 11.8 Å². The maximum Gasteiger partial charge on any atom is 0.237 e. The summed E-state index contributed by atoms with van der Waals surface area (Å²) in [7, 11) is 0. The number of amides is 1. The molecule has 0 spiro atoms. The lowest BCUT2D eigenvalue weighted by molar-refractivity contribution is -0.115. The number of hydrogen-bond acceptors (Lipinski definition) is 5. The van der Waals surface area contributed by atoms with Crippen LogP contribution in [0.4, 0.5) is 5.69 Å². The Morgan fingerprint density at radius 2 is 2.00 bits per heavy atom. The molecular weight excluding hydrogens is 300 g/mol. The highest BCUT2D eigenvalue weighted by molar-refractivity contribution is 8.00. The summed E-state index contributed by atoms with van der Waals surface area (Å²) in [6.07, 6.45) is 0.662. The third-order valence-corrected chi connectivity index (χ3v) is 4.27. The van der Waals surface area contributed by atoms with Crippen LogP contribution in [-0.2, 0) is 4.79 Å². The molecule has 0 saturated carbocycles. The molecule has 0 saturated heterocycles. The standard InChI is InChI=1S/C15H18N4O2S/c1-4-13(22-15-16-10(3)18-19-15)14(21)17-12-7-5-11(6-8-12)9(2)20/h5-8,13H,4H2,1-3H3,(H,17,21)(H,16,18,19). The lowest BCUT2D eigenvalue weighted by Gasteiger charge is -2.13. The van der Waals surface area contributed by atoms with Crippen molar-refractivity contribution in [2.24, 2.45) is 0 Å². The zero-order valence-electron chi connectivity index (χ0n) is 12.7. The van der Waals surface area contributed by atoms with Crippen LogP contribution in [0.1, 0.15) is 36.5 Å². The average Bonchev–Trinajstić information content (AvgIpc) is 2.90. The molecule has 0 aliphatic heterocycles. The van der Waals surface area contributed by atoms with Crippen LogP contribution in [-0.4, -0.2) is 32.1 Å². The highest BCUT2D eigenvalue weighted by Crippen LogP contribution is 2.23. The fourth-order valence-electron chi connectivity index (χ4n) is 1.84. The first-order chi connectivity index (χ1) is 10.5. The molecular formula is C15H18N4O2S. The number of ketones is 1. The van der Waals surface area contributed by atoms with Crippen molar-refractivity contribution in [3.05, 3.63) is 35.7 Å². The van der Waals surface area contributed by atoms with Gasteiger partial charge < -0.3 is 5.32 Å². The van der Waals surface area contributed by atoms with E-state index < -0.39 is 0 Å². The molecule has 2 N–H and O–H groups in total. The van der Waals surface area contributed by atoms with Gasteiger partial charge in [0.1, 0.15) is 5.82 Å². The summed E-state index contributed by atoms with van der Waals surface area (Å²) in [5.74, 6) is 0.614. The molecule has 6 nitrogen and oxygen atoms in total. The second-order valence-corrected chi connectivity index (χ2v) is 6.01. The summed E-state index contributed by atoms with van der Waals surface area (Å²) < 4.78 is 0. The van der Waals surface area contributed by atoms with Crippen LogP contribution in [0.5, 0.6) is 0 Å². The molecule has 7 heteroatoms. The van der Waals surface area contributed by atoms with E-state index in [1.807, 2.05) is 13.8 Å². The summed E-state index contributed by atoms with van der Waals surface area (Å²) in [6.45, 7) is 5.26. The lowest BCUT2D eigenvalue weighted by atomic mass is 10.1. The molecule has 22 heavy (non-hydrogen) atoms. The quantitative estimate of drug-likeness (QED) is 0.631. The molecule has 1 aromatic carbocycles. The van der Waals surface area contributed by atoms with Gasteiger partial charge in [0, 0.05) is 11.3 Å². The molecule has 116 valence electrons. The second kappa shape index (κ2) is 7.22. The fraction of sp³-hybridized carbons (Fsp3) is 0.333. The Kier molecular flexibility index (Phi) is 5.32. The van der Waals surface area contributed by atoms with Gasteiger partial charge in [0.15, 0.2) is 5.78 Å². The van der Waals surface area contributed by atoms with Crippen molar-refractivity contribution in [1.29, 1.82) is 0 Å². The van der Waals surface area contributed by atoms with Crippen molar-refractivity contribution in [1.82, 2.24) is 15.2 Å². The molecule has 0 radical (unpaired) electrons. The topological polar surface area (TPSA) is 87.7 Å². The molecule has 1 atom stereocenters. The maximum absolute atomic E-state index is 12.3. The zero-order chi connectivity index (χ0) is 16.1. The molecule has 1 amide bonds. The third-order valence-electron chi connectivity index (χ3n) is 3.05. The van der Waals surface area contributed by atoms with E-state index in [0.29, 0.717) is 22.8 Å². The number of nitrogens with one attached hydrogen (secondary N) is 2. The third kappa shape index (κ3) is 4.17. The summed E-state index contributed by atoms with van der Waals surface area (Å²) in [4.78, 5) is 27.7. The summed E-state index contributed by atoms with van der Waals surface area (Å²) in [5, 5.41) is 9.93. The van der Waals surface area contributed by atoms with Crippen LogP contribution < -0.4 is 5.32 Å². The van der Waals surface area contributed by atoms with E-state index in [0.717, 1.165) is 5.82 Å². The number of anilines is 1. The number of rotatable bonds is 6. The minimum absolute atomic E-state index is 0.000145. The van der Waals surface area contributed by atoms with Gasteiger partial charge in [-0.25, -0.2) is 4.98 Å². The minimum atomic E-state index is -0.275. The molecule has 0 aliphatic rings. The lowest BCUT2D eigenvalue weighted by Crippen LogP contribution is -2.24. The number of Topliss-reactive ketones (excluding diaryl/α,β-unsaturated/α-hetero) is 1. The van der Waals surface area contributed by atoms with Gasteiger partial charge in [0.2, 0.25) is 11.1 Å². The fourth-order valence-corrected chi connectivity index (χ4v) is 2.71. The maximum atomic E-state index is 12.3. The van der Waals surface area contributed by atoms with Gasteiger partial charge in [-0.05, 0) is 44.5 Å². The van der Waals surface area contributed by atoms with Crippen LogP contribution in [0, 0.1) is 6.92 Å². The first kappa shape index (κ1) is 16.2. The molecule has 0 fully saturated rings. The molecule has 2 aromatic rings. The normalized spacial score (nSPS) is 12.0. The Labute approximate surface area is 133 Å². The van der Waals surface area contributed by atoms with Crippen molar-refractivity contribution < 1.29 is 9.59 Å². The molecule has 0 aliphatic carbocycles. The van der Waals surface area contributed by atoms with Gasteiger partial charge in [0.25, 0.3) is 0 Å². The number of aromatic amines is 1. The number of carbonyl (C=O) groups excluding carboxylic acids is 2. The van der Waals surface area contributed by atoms with Crippen LogP contribution in [0.15, 0.2) is 29.4 Å². The largest absolute Gasteiger partial charge is 0.325 e. The van der Waals surface area contributed by atoms with E-state index in [2.05, 4.69) is 20.5 Å². The molecule has 2 rings (SSSR count). The number of benzene rings is 1. The van der Waals surface area contributed by atoms with E-state index in [1.165, 1.54) is 18.7 Å². The Morgan fingerprint density at radius 3 is 2.50 bits per heavy atom. The predicted octanol–water partition coefficient (Wildman–Crippen LogP) is 2.83. The average molecular weight is 318 g/mol. The molecule has 1 heterocycles. The molecule has 1 aromatic heterocycles. The number of nitrogens with zero attached hydrogens (tertiary/aromatic N) is 2. The second-order valence-electron chi connectivity index (χ2n) is 4.84. The van der Waals surface area contributed by atoms with Gasteiger partial charge in [-0.3, -0.25) is 14.7 Å². The van der Waals surface area contributed by atoms with E-state index >= 15 is 0 Å². The van der Waals surface area contributed by atoms with Crippen molar-refractivity contribution in [2.45, 2.75) is 37.6 Å². The van der Waals surface area contributed by atoms with Crippen molar-refractivity contribution in [3.8, 4) is 0 Å². The first-order valence-corrected chi connectivity index (χ1v) is 7.85. The van der Waals surface area contributed by atoms with Crippen LogP contribution in [0.2, 0.25) is 0 Å². The predicted molar refractivity (Wildman–Crippen MR) is 86.1 cm³/mol. The Balaban J connectivity index is 2.00. The zero-order valence-corrected chi connectivity index (χ0v) is 13.5. The van der Waals surface area contributed by atoms with Gasteiger partial charge in [-0.2, -0.15) is 0 Å². The van der Waals surface area contributed by atoms with Crippen molar-refractivity contribution in [3.63, 3.8) is 0 Å². The number of hydrogen-bond donors (Lipinski definition) is 2. The summed E-state index contributed by atoms with van der Waals surface area (Å²) in [6, 6.07) is 6.85. The molecule has 1 unspecified atom stereocenters. The Bertz CT molecular complexity index is 666. The Hall–Kier alpha value is -2.15. The van der Waals surface area contributed by atoms with Crippen LogP contribution in [0.25, 0.3) is 0 Å². The van der Waals surface area contributed by atoms with Gasteiger partial charge >= 0.3 is 0 Å². The molecule has 0 bridgehead atoms. The van der Waals surface area contributed by atoms with E-state index in [9.17, 15) is 9.59 Å². The number of H-pyrrole nitrogens is 1. The van der Waals surface area contributed by atoms with Gasteiger partial charge in [-0.1, -0.05) is 18.7 Å². The van der Waals surface area contributed by atoms with E-state index in [-0.39, 0.29) is 16.9 Å². The van der Waals surface area contributed by atoms with Crippen LogP contribution in [0.3, 0.4) is 0 Å². The first-order valence-electron chi connectivity index (χ1n) is 6.97. The smallest absolute Gasteiger partial charge is 0.237 e. The minimum Gasteiger partial charge on any atom is -0.325 e. The van der Waals surface area contributed by atoms with E-state index in [4.69, 9.17) is 0 Å². The SMILES string of the molecule is CCC(Sc1n[nH]c(C)n1)C(=O)Nc1ccc(C(C)=O)cc1. The number of aryl methyl sites for hydroxylation is 1. The monoisotopic (exact) mass is 318 g/mol. The number of carbonyl (C=O) groups is 2. The van der Waals surface area contributed by atoms with Crippen molar-refractivity contribution in [2.75, 3.05) is 5.32 Å². The Morgan fingerprint density at radius 1 is 1.32 bits per heavy atom. The highest BCUT2D eigenvalue weighted by atomic mass is 32.2. The van der Waals surface area contributed by atoms with Gasteiger partial charge in [-0.15, -0.1) is 5.10 Å². The summed E-state index contributed by atoms with van der Waals surface area (Å²) in [5.41, 5.74) is 1.29. The number of thioether (sulfide) groups is 1. The van der Waals surface area contributed by atoms with Crippen molar-refractivity contribution >= 4 is 29.1 Å². The summed E-state index contributed by atoms with van der Waals surface area (Å²) >= 11 is 1.33. The number of aromatic nitrogens is 3. The van der Waals surface area contributed by atoms with Gasteiger partial charge in [0.05, 0.1) is 5.25 Å². The van der Waals surface area contributed by atoms with E-state index in [1.54, 1.807) is 24.3 Å².